The molecule has 0 aromatic heterocycles. The van der Waals surface area contributed by atoms with Gasteiger partial charge in [0.25, 0.3) is 0 Å². The van der Waals surface area contributed by atoms with Gasteiger partial charge in [0, 0.05) is 12.0 Å². The van der Waals surface area contributed by atoms with Gasteiger partial charge in [0.15, 0.2) is 0 Å². The van der Waals surface area contributed by atoms with Crippen molar-refractivity contribution in [1.82, 2.24) is 0 Å². The lowest BCUT2D eigenvalue weighted by Gasteiger charge is -2.21. The van der Waals surface area contributed by atoms with Gasteiger partial charge >= 0.3 is 5.97 Å². The summed E-state index contributed by atoms with van der Waals surface area (Å²) < 4.78 is 5.02. The van der Waals surface area contributed by atoms with E-state index in [4.69, 9.17) is 4.74 Å². The zero-order valence-corrected chi connectivity index (χ0v) is 5.83. The van der Waals surface area contributed by atoms with Crippen LogP contribution in [0.1, 0.15) is 6.42 Å². The molecule has 2 aliphatic carbocycles. The highest BCUT2D eigenvalue weighted by atomic mass is 16.5. The standard InChI is InChI=1S/C9H6O2/c10-9-6-3-1-2-5-4-7(11-9)8(5)6/h1-3,6H,4H2. The molecule has 0 aromatic rings. The summed E-state index contributed by atoms with van der Waals surface area (Å²) in [6, 6.07) is 0. The molecule has 11 heavy (non-hydrogen) atoms. The molecule has 3 rings (SSSR count). The van der Waals surface area contributed by atoms with Gasteiger partial charge in [0.05, 0.1) is 0 Å². The molecule has 0 N–H and O–H groups in total. The minimum atomic E-state index is -0.102. The molecule has 54 valence electrons. The fourth-order valence-corrected chi connectivity index (χ4v) is 1.81. The van der Waals surface area contributed by atoms with Crippen LogP contribution in [0.4, 0.5) is 0 Å². The second-order valence-corrected chi connectivity index (χ2v) is 2.99. The summed E-state index contributed by atoms with van der Waals surface area (Å²) in [5, 5.41) is 0. The first kappa shape index (κ1) is 5.35. The maximum absolute atomic E-state index is 11.1. The SMILES string of the molecule is O=C1OC2=C3C(=CC=CC13)C2. The van der Waals surface area contributed by atoms with Gasteiger partial charge in [-0.15, -0.1) is 0 Å². The zero-order chi connectivity index (χ0) is 7.42. The quantitative estimate of drug-likeness (QED) is 0.482. The van der Waals surface area contributed by atoms with E-state index in [1.54, 1.807) is 0 Å². The van der Waals surface area contributed by atoms with Gasteiger partial charge < -0.3 is 4.74 Å². The van der Waals surface area contributed by atoms with E-state index in [1.807, 2.05) is 12.2 Å². The average molecular weight is 146 g/mol. The van der Waals surface area contributed by atoms with Crippen molar-refractivity contribution in [3.05, 3.63) is 35.1 Å². The largest absolute Gasteiger partial charge is 0.430 e. The zero-order valence-electron chi connectivity index (χ0n) is 5.83. The summed E-state index contributed by atoms with van der Waals surface area (Å²) in [6.07, 6.45) is 6.74. The van der Waals surface area contributed by atoms with Gasteiger partial charge in [0.2, 0.25) is 0 Å². The summed E-state index contributed by atoms with van der Waals surface area (Å²) in [7, 11) is 0. The van der Waals surface area contributed by atoms with E-state index in [-0.39, 0.29) is 11.9 Å². The number of ether oxygens (including phenoxy) is 1. The summed E-state index contributed by atoms with van der Waals surface area (Å²) in [5.74, 6) is 0.726. The van der Waals surface area contributed by atoms with Gasteiger partial charge in [-0.25, -0.2) is 0 Å². The molecule has 0 saturated carbocycles. The molecule has 0 aromatic carbocycles. The lowest BCUT2D eigenvalue weighted by molar-refractivity contribution is -0.138. The van der Waals surface area contributed by atoms with Crippen molar-refractivity contribution in [3.8, 4) is 0 Å². The molecule has 1 unspecified atom stereocenters. The molecule has 0 spiro atoms. The predicted octanol–water partition coefficient (Wildman–Crippen LogP) is 1.31. The van der Waals surface area contributed by atoms with Gasteiger partial charge in [-0.1, -0.05) is 18.2 Å². The Bertz CT molecular complexity index is 345. The van der Waals surface area contributed by atoms with Crippen LogP contribution in [-0.2, 0) is 9.53 Å². The number of allylic oxidation sites excluding steroid dienone is 3. The predicted molar refractivity (Wildman–Crippen MR) is 38.4 cm³/mol. The van der Waals surface area contributed by atoms with Crippen molar-refractivity contribution in [2.45, 2.75) is 6.42 Å². The maximum Gasteiger partial charge on any atom is 0.322 e. The summed E-state index contributed by atoms with van der Waals surface area (Å²) in [4.78, 5) is 11.1. The Hall–Kier alpha value is -1.31. The van der Waals surface area contributed by atoms with E-state index in [9.17, 15) is 4.79 Å². The Labute approximate surface area is 63.8 Å². The van der Waals surface area contributed by atoms with E-state index in [0.29, 0.717) is 0 Å². The number of carbonyl (C=O) groups is 1. The van der Waals surface area contributed by atoms with Crippen LogP contribution in [0.15, 0.2) is 35.1 Å². The van der Waals surface area contributed by atoms with Crippen LogP contribution < -0.4 is 0 Å². The van der Waals surface area contributed by atoms with Crippen LogP contribution in [0.3, 0.4) is 0 Å². The Balaban J connectivity index is 2.21. The molecule has 1 heterocycles. The highest BCUT2D eigenvalue weighted by molar-refractivity contribution is 5.87. The summed E-state index contributed by atoms with van der Waals surface area (Å²) in [6.45, 7) is 0. The van der Waals surface area contributed by atoms with E-state index in [1.165, 1.54) is 5.57 Å². The van der Waals surface area contributed by atoms with Crippen LogP contribution in [0.25, 0.3) is 0 Å². The number of rotatable bonds is 0. The third-order valence-electron chi connectivity index (χ3n) is 2.39. The van der Waals surface area contributed by atoms with E-state index in [2.05, 4.69) is 6.08 Å². The van der Waals surface area contributed by atoms with Crippen LogP contribution >= 0.6 is 0 Å². The molecule has 0 bridgehead atoms. The smallest absolute Gasteiger partial charge is 0.322 e. The van der Waals surface area contributed by atoms with Crippen LogP contribution in [0.2, 0.25) is 0 Å². The molecular formula is C9H6O2. The summed E-state index contributed by atoms with van der Waals surface area (Å²) in [5.41, 5.74) is 2.41. The summed E-state index contributed by atoms with van der Waals surface area (Å²) >= 11 is 0. The first-order chi connectivity index (χ1) is 5.36. The third-order valence-corrected chi connectivity index (χ3v) is 2.39. The molecule has 1 atom stereocenters. The highest BCUT2D eigenvalue weighted by Gasteiger charge is 2.42. The first-order valence-electron chi connectivity index (χ1n) is 3.69. The Morgan fingerprint density at radius 2 is 2.45 bits per heavy atom. The fraction of sp³-hybridized carbons (Fsp3) is 0.222. The minimum Gasteiger partial charge on any atom is -0.430 e. The van der Waals surface area contributed by atoms with Crippen molar-refractivity contribution < 1.29 is 9.53 Å². The second-order valence-electron chi connectivity index (χ2n) is 2.99. The number of carbonyl (C=O) groups excluding carboxylic acids is 1. The van der Waals surface area contributed by atoms with Crippen LogP contribution in [0, 0.1) is 5.92 Å². The molecule has 3 aliphatic rings. The Morgan fingerprint density at radius 1 is 1.55 bits per heavy atom. The van der Waals surface area contributed by atoms with E-state index < -0.39 is 0 Å². The lowest BCUT2D eigenvalue weighted by atomic mass is 9.79. The Kier molecular flexibility index (Phi) is 0.716. The van der Waals surface area contributed by atoms with Gasteiger partial charge in [-0.3, -0.25) is 4.79 Å². The van der Waals surface area contributed by atoms with Crippen molar-refractivity contribution in [1.29, 1.82) is 0 Å². The number of esters is 1. The molecule has 0 saturated heterocycles. The van der Waals surface area contributed by atoms with Gasteiger partial charge in [0.1, 0.15) is 11.7 Å². The fourth-order valence-electron chi connectivity index (χ4n) is 1.81. The number of hydrogen-bond donors (Lipinski definition) is 0. The van der Waals surface area contributed by atoms with Crippen molar-refractivity contribution in [2.75, 3.05) is 0 Å². The normalized spacial score (nSPS) is 31.1. The number of hydrogen-bond acceptors (Lipinski definition) is 2. The van der Waals surface area contributed by atoms with Gasteiger partial charge in [-0.05, 0) is 5.57 Å². The Morgan fingerprint density at radius 3 is 3.27 bits per heavy atom. The molecule has 2 heteroatoms. The van der Waals surface area contributed by atoms with Crippen molar-refractivity contribution in [2.24, 2.45) is 5.92 Å². The van der Waals surface area contributed by atoms with Crippen LogP contribution in [0.5, 0.6) is 0 Å². The van der Waals surface area contributed by atoms with E-state index in [0.717, 1.165) is 17.8 Å². The topological polar surface area (TPSA) is 26.3 Å². The lowest BCUT2D eigenvalue weighted by Crippen LogP contribution is -2.13. The molecule has 0 fully saturated rings. The molecule has 0 amide bonds. The maximum atomic E-state index is 11.1. The molecule has 2 nitrogen and oxygen atoms in total. The average Bonchev–Trinajstić information content (AvgIpc) is 2.25. The third kappa shape index (κ3) is 0.473. The first-order valence-corrected chi connectivity index (χ1v) is 3.69. The molecular weight excluding hydrogens is 140 g/mol. The van der Waals surface area contributed by atoms with Crippen molar-refractivity contribution >= 4 is 5.97 Å². The minimum absolute atomic E-state index is 0.0706. The highest BCUT2D eigenvalue weighted by Crippen LogP contribution is 2.47. The monoisotopic (exact) mass is 146 g/mol. The second kappa shape index (κ2) is 1.47. The molecule has 1 aliphatic heterocycles. The van der Waals surface area contributed by atoms with Gasteiger partial charge in [-0.2, -0.15) is 0 Å². The molecule has 0 radical (unpaired) electrons. The van der Waals surface area contributed by atoms with Crippen LogP contribution in [-0.4, -0.2) is 5.97 Å². The van der Waals surface area contributed by atoms with Crippen molar-refractivity contribution in [3.63, 3.8) is 0 Å². The van der Waals surface area contributed by atoms with E-state index >= 15 is 0 Å².